The number of rotatable bonds is 3. The Kier molecular flexibility index (Phi) is 4.83. The molecule has 4 atom stereocenters. The van der Waals surface area contributed by atoms with E-state index in [9.17, 15) is 0 Å². The molecule has 3 nitrogen and oxygen atoms in total. The number of hydrogen-bond acceptors (Lipinski definition) is 3. The summed E-state index contributed by atoms with van der Waals surface area (Å²) in [5, 5.41) is 0. The lowest BCUT2D eigenvalue weighted by molar-refractivity contribution is -0.0206. The molecule has 0 aromatic carbocycles. The Labute approximate surface area is 106 Å². The van der Waals surface area contributed by atoms with E-state index >= 15 is 0 Å². The molecule has 0 bridgehead atoms. The molecule has 0 spiro atoms. The molecule has 1 aliphatic heterocycles. The van der Waals surface area contributed by atoms with Crippen molar-refractivity contribution in [2.75, 3.05) is 26.3 Å². The predicted octanol–water partition coefficient (Wildman–Crippen LogP) is 1.86. The van der Waals surface area contributed by atoms with Gasteiger partial charge in [0.2, 0.25) is 0 Å². The van der Waals surface area contributed by atoms with Crippen molar-refractivity contribution in [2.45, 2.75) is 51.6 Å². The summed E-state index contributed by atoms with van der Waals surface area (Å²) in [5.74, 6) is 1.56. The molecule has 0 aromatic rings. The number of morpholine rings is 1. The molecule has 1 saturated carbocycles. The highest BCUT2D eigenvalue weighted by atomic mass is 16.5. The van der Waals surface area contributed by atoms with Crippen LogP contribution in [0, 0.1) is 11.8 Å². The summed E-state index contributed by atoms with van der Waals surface area (Å²) in [6.45, 7) is 8.72. The van der Waals surface area contributed by atoms with Crippen LogP contribution >= 0.6 is 0 Å². The molecule has 0 aromatic heterocycles. The van der Waals surface area contributed by atoms with Crippen molar-refractivity contribution < 1.29 is 4.74 Å². The summed E-state index contributed by atoms with van der Waals surface area (Å²) in [6.07, 6.45) is 5.04. The van der Waals surface area contributed by atoms with Crippen LogP contribution in [0.15, 0.2) is 0 Å². The Bertz CT molecular complexity index is 234. The van der Waals surface area contributed by atoms with Gasteiger partial charge in [-0.1, -0.05) is 13.8 Å². The highest BCUT2D eigenvalue weighted by Crippen LogP contribution is 2.29. The van der Waals surface area contributed by atoms with Crippen molar-refractivity contribution in [1.82, 2.24) is 4.90 Å². The maximum atomic E-state index is 6.29. The maximum Gasteiger partial charge on any atom is 0.0622 e. The van der Waals surface area contributed by atoms with Crippen LogP contribution in [0.5, 0.6) is 0 Å². The van der Waals surface area contributed by atoms with Gasteiger partial charge in [-0.15, -0.1) is 0 Å². The summed E-state index contributed by atoms with van der Waals surface area (Å²) in [6, 6.07) is 1.04. The van der Waals surface area contributed by atoms with Crippen molar-refractivity contribution in [3.63, 3.8) is 0 Å². The lowest BCUT2D eigenvalue weighted by Gasteiger charge is -2.41. The van der Waals surface area contributed by atoms with Crippen LogP contribution in [0.1, 0.15) is 39.5 Å². The van der Waals surface area contributed by atoms with E-state index in [1.807, 2.05) is 0 Å². The van der Waals surface area contributed by atoms with Crippen LogP contribution in [0.3, 0.4) is 0 Å². The average molecular weight is 240 g/mol. The molecule has 0 radical (unpaired) electrons. The molecular weight excluding hydrogens is 212 g/mol. The SMILES string of the molecule is CCC1COCCN1CC1CC(C)CCC1N. The van der Waals surface area contributed by atoms with Gasteiger partial charge in [0, 0.05) is 25.2 Å². The zero-order chi connectivity index (χ0) is 12.3. The fourth-order valence-electron chi connectivity index (χ4n) is 3.34. The lowest BCUT2D eigenvalue weighted by atomic mass is 9.79. The zero-order valence-corrected chi connectivity index (χ0v) is 11.4. The Morgan fingerprint density at radius 1 is 1.35 bits per heavy atom. The fourth-order valence-corrected chi connectivity index (χ4v) is 3.34. The molecule has 1 heterocycles. The van der Waals surface area contributed by atoms with Gasteiger partial charge in [-0.05, 0) is 37.5 Å². The van der Waals surface area contributed by atoms with Crippen LogP contribution in [0.25, 0.3) is 0 Å². The Hall–Kier alpha value is -0.120. The average Bonchev–Trinajstić information content (AvgIpc) is 2.34. The van der Waals surface area contributed by atoms with Gasteiger partial charge in [0.05, 0.1) is 13.2 Å². The highest BCUT2D eigenvalue weighted by molar-refractivity contribution is 4.85. The van der Waals surface area contributed by atoms with Crippen molar-refractivity contribution in [3.05, 3.63) is 0 Å². The molecule has 1 aliphatic carbocycles. The summed E-state index contributed by atoms with van der Waals surface area (Å²) in [5.41, 5.74) is 6.29. The first kappa shape index (κ1) is 13.3. The molecule has 2 aliphatic rings. The molecule has 4 unspecified atom stereocenters. The maximum absolute atomic E-state index is 6.29. The third kappa shape index (κ3) is 3.43. The molecule has 0 amide bonds. The second-order valence-electron chi connectivity index (χ2n) is 5.97. The molecule has 2 N–H and O–H groups in total. The monoisotopic (exact) mass is 240 g/mol. The van der Waals surface area contributed by atoms with Crippen molar-refractivity contribution in [3.8, 4) is 0 Å². The summed E-state index contributed by atoms with van der Waals surface area (Å²) in [4.78, 5) is 2.62. The highest BCUT2D eigenvalue weighted by Gasteiger charge is 2.30. The topological polar surface area (TPSA) is 38.5 Å². The van der Waals surface area contributed by atoms with Crippen molar-refractivity contribution in [1.29, 1.82) is 0 Å². The Balaban J connectivity index is 1.89. The third-order valence-corrected chi connectivity index (χ3v) is 4.59. The summed E-state index contributed by atoms with van der Waals surface area (Å²) < 4.78 is 5.57. The Morgan fingerprint density at radius 2 is 2.18 bits per heavy atom. The largest absolute Gasteiger partial charge is 0.378 e. The van der Waals surface area contributed by atoms with E-state index in [2.05, 4.69) is 18.7 Å². The van der Waals surface area contributed by atoms with Crippen LogP contribution in [0.4, 0.5) is 0 Å². The first-order chi connectivity index (χ1) is 8.20. The molecule has 17 heavy (non-hydrogen) atoms. The normalized spacial score (nSPS) is 40.4. The van der Waals surface area contributed by atoms with E-state index in [-0.39, 0.29) is 0 Å². The van der Waals surface area contributed by atoms with Gasteiger partial charge < -0.3 is 10.5 Å². The molecule has 2 fully saturated rings. The summed E-state index contributed by atoms with van der Waals surface area (Å²) >= 11 is 0. The molecule has 1 saturated heterocycles. The van der Waals surface area contributed by atoms with Crippen LogP contribution < -0.4 is 5.73 Å². The molecule has 2 rings (SSSR count). The van der Waals surface area contributed by atoms with Gasteiger partial charge in [-0.25, -0.2) is 0 Å². The Morgan fingerprint density at radius 3 is 2.94 bits per heavy atom. The van der Waals surface area contributed by atoms with Gasteiger partial charge in [-0.2, -0.15) is 0 Å². The number of hydrogen-bond donors (Lipinski definition) is 1. The predicted molar refractivity (Wildman–Crippen MR) is 71.0 cm³/mol. The van der Waals surface area contributed by atoms with Crippen molar-refractivity contribution >= 4 is 0 Å². The minimum Gasteiger partial charge on any atom is -0.378 e. The van der Waals surface area contributed by atoms with E-state index in [1.54, 1.807) is 0 Å². The second-order valence-corrected chi connectivity index (χ2v) is 5.97. The van der Waals surface area contributed by atoms with E-state index in [0.717, 1.165) is 25.7 Å². The lowest BCUT2D eigenvalue weighted by Crippen LogP contribution is -2.50. The summed E-state index contributed by atoms with van der Waals surface area (Å²) in [7, 11) is 0. The van der Waals surface area contributed by atoms with E-state index in [4.69, 9.17) is 10.5 Å². The fraction of sp³-hybridized carbons (Fsp3) is 1.00. The van der Waals surface area contributed by atoms with Gasteiger partial charge >= 0.3 is 0 Å². The number of nitrogens with zero attached hydrogens (tertiary/aromatic N) is 1. The minimum absolute atomic E-state index is 0.423. The van der Waals surface area contributed by atoms with E-state index < -0.39 is 0 Å². The molecule has 100 valence electrons. The smallest absolute Gasteiger partial charge is 0.0622 e. The van der Waals surface area contributed by atoms with E-state index in [0.29, 0.717) is 18.0 Å². The standard InChI is InChI=1S/C14H28N2O/c1-3-13-10-17-7-6-16(13)9-12-8-11(2)4-5-14(12)15/h11-14H,3-10,15H2,1-2H3. The van der Waals surface area contributed by atoms with Crippen molar-refractivity contribution in [2.24, 2.45) is 17.6 Å². The zero-order valence-electron chi connectivity index (χ0n) is 11.4. The first-order valence-electron chi connectivity index (χ1n) is 7.28. The number of ether oxygens (including phenoxy) is 1. The van der Waals surface area contributed by atoms with Gasteiger partial charge in [0.15, 0.2) is 0 Å². The second kappa shape index (κ2) is 6.17. The van der Waals surface area contributed by atoms with Gasteiger partial charge in [-0.3, -0.25) is 4.90 Å². The van der Waals surface area contributed by atoms with Gasteiger partial charge in [0.1, 0.15) is 0 Å². The molecule has 3 heteroatoms. The van der Waals surface area contributed by atoms with E-state index in [1.165, 1.54) is 32.2 Å². The third-order valence-electron chi connectivity index (χ3n) is 4.59. The minimum atomic E-state index is 0.423. The van der Waals surface area contributed by atoms with Gasteiger partial charge in [0.25, 0.3) is 0 Å². The molecular formula is C14H28N2O. The first-order valence-corrected chi connectivity index (χ1v) is 7.28. The van der Waals surface area contributed by atoms with Crippen LogP contribution in [0.2, 0.25) is 0 Å². The quantitative estimate of drug-likeness (QED) is 0.818. The number of nitrogens with two attached hydrogens (primary N) is 1. The van der Waals surface area contributed by atoms with Crippen LogP contribution in [-0.2, 0) is 4.74 Å². The van der Waals surface area contributed by atoms with Crippen LogP contribution in [-0.4, -0.2) is 43.3 Å².